The second-order valence-corrected chi connectivity index (χ2v) is 8.50. The van der Waals surface area contributed by atoms with E-state index in [0.29, 0.717) is 10.8 Å². The Kier molecular flexibility index (Phi) is 7.37. The maximum atomic E-state index is 10.6. The second-order valence-electron chi connectivity index (χ2n) is 7.11. The van der Waals surface area contributed by atoms with E-state index in [2.05, 4.69) is 33.7 Å². The van der Waals surface area contributed by atoms with Crippen molar-refractivity contribution in [2.24, 2.45) is 0 Å². The van der Waals surface area contributed by atoms with Crippen LogP contribution in [0.2, 0.25) is 5.02 Å². The van der Waals surface area contributed by atoms with Crippen molar-refractivity contribution < 1.29 is 27.8 Å². The van der Waals surface area contributed by atoms with Crippen LogP contribution in [-0.2, 0) is 17.9 Å². The number of benzene rings is 2. The molecule has 2 heterocycles. The van der Waals surface area contributed by atoms with E-state index in [4.69, 9.17) is 26.2 Å². The maximum absolute atomic E-state index is 10.6. The Hall–Kier alpha value is -2.69. The summed E-state index contributed by atoms with van der Waals surface area (Å²) in [6.07, 6.45) is -4.99. The SMILES string of the molecule is CC(C)Oc1ccc(-c2nnc(-c3ccc4c(c3)CNC4)s2)cc1Cl.O=C(O)C(F)(F)F. The van der Waals surface area contributed by atoms with Gasteiger partial charge >= 0.3 is 12.1 Å². The molecule has 0 atom stereocenters. The fourth-order valence-corrected chi connectivity index (χ4v) is 3.93. The molecule has 1 aliphatic rings. The number of aliphatic carboxylic acids is 1. The summed E-state index contributed by atoms with van der Waals surface area (Å²) in [5.74, 6) is -2.07. The molecule has 0 radical (unpaired) electrons. The summed E-state index contributed by atoms with van der Waals surface area (Å²) < 4.78 is 37.4. The zero-order valence-electron chi connectivity index (χ0n) is 17.0. The van der Waals surface area contributed by atoms with Gasteiger partial charge in [0.05, 0.1) is 11.1 Å². The summed E-state index contributed by atoms with van der Waals surface area (Å²) in [6.45, 7) is 5.82. The molecule has 170 valence electrons. The number of fused-ring (bicyclic) bond motifs is 1. The highest BCUT2D eigenvalue weighted by Gasteiger charge is 2.38. The van der Waals surface area contributed by atoms with E-state index < -0.39 is 12.1 Å². The third-order valence-corrected chi connectivity index (χ3v) is 5.61. The first-order chi connectivity index (χ1) is 15.0. The van der Waals surface area contributed by atoms with Gasteiger partial charge in [-0.25, -0.2) is 4.79 Å². The molecule has 0 saturated carbocycles. The van der Waals surface area contributed by atoms with Gasteiger partial charge < -0.3 is 15.2 Å². The Morgan fingerprint density at radius 2 is 1.66 bits per heavy atom. The van der Waals surface area contributed by atoms with Crippen LogP contribution < -0.4 is 10.1 Å². The van der Waals surface area contributed by atoms with Crippen molar-refractivity contribution in [1.29, 1.82) is 0 Å². The molecular weight excluding hydrogens is 467 g/mol. The van der Waals surface area contributed by atoms with E-state index in [1.165, 1.54) is 11.1 Å². The zero-order valence-corrected chi connectivity index (χ0v) is 18.6. The molecule has 2 aromatic carbocycles. The normalized spacial score (nSPS) is 12.8. The number of ether oxygens (including phenoxy) is 1. The maximum Gasteiger partial charge on any atom is 0.490 e. The zero-order chi connectivity index (χ0) is 23.5. The number of rotatable bonds is 4. The van der Waals surface area contributed by atoms with Crippen molar-refractivity contribution in [2.45, 2.75) is 39.2 Å². The number of alkyl halides is 3. The number of nitrogens with zero attached hydrogens (tertiary/aromatic N) is 2. The van der Waals surface area contributed by atoms with Crippen LogP contribution in [0.4, 0.5) is 13.2 Å². The Labute approximate surface area is 191 Å². The van der Waals surface area contributed by atoms with Gasteiger partial charge in [-0.1, -0.05) is 35.1 Å². The van der Waals surface area contributed by atoms with Gasteiger partial charge in [0.25, 0.3) is 0 Å². The fourth-order valence-electron chi connectivity index (χ4n) is 2.87. The van der Waals surface area contributed by atoms with Gasteiger partial charge in [-0.15, -0.1) is 10.2 Å². The van der Waals surface area contributed by atoms with E-state index in [1.807, 2.05) is 32.0 Å². The molecule has 0 saturated heterocycles. The predicted octanol–water partition coefficient (Wildman–Crippen LogP) is 5.55. The van der Waals surface area contributed by atoms with E-state index in [1.54, 1.807) is 11.3 Å². The molecule has 2 N–H and O–H groups in total. The number of carbonyl (C=O) groups is 1. The Morgan fingerprint density at radius 1 is 1.09 bits per heavy atom. The standard InChI is InChI=1S/C19H18ClN3OS.C2HF3O2/c1-11(2)24-17-6-5-13(8-16(17)20)19-23-22-18(25-19)12-3-4-14-9-21-10-15(14)7-12;3-2(4,5)1(6)7/h3-8,11,21H,9-10H2,1-2H3;(H,6,7). The molecule has 6 nitrogen and oxygen atoms in total. The monoisotopic (exact) mass is 485 g/mol. The fraction of sp³-hybridized carbons (Fsp3) is 0.286. The lowest BCUT2D eigenvalue weighted by Crippen LogP contribution is -2.21. The number of nitrogens with one attached hydrogen (secondary N) is 1. The summed E-state index contributed by atoms with van der Waals surface area (Å²) in [5.41, 5.74) is 4.76. The minimum absolute atomic E-state index is 0.0887. The van der Waals surface area contributed by atoms with E-state index in [9.17, 15) is 13.2 Å². The summed E-state index contributed by atoms with van der Waals surface area (Å²) in [4.78, 5) is 8.90. The summed E-state index contributed by atoms with van der Waals surface area (Å²) in [7, 11) is 0. The number of aromatic nitrogens is 2. The first-order valence-electron chi connectivity index (χ1n) is 9.47. The molecule has 3 aromatic rings. The third-order valence-electron chi connectivity index (χ3n) is 4.29. The van der Waals surface area contributed by atoms with Crippen LogP contribution in [0.3, 0.4) is 0 Å². The molecule has 0 fully saturated rings. The number of carboxylic acids is 1. The van der Waals surface area contributed by atoms with Crippen molar-refractivity contribution in [3.05, 3.63) is 52.5 Å². The minimum atomic E-state index is -5.08. The van der Waals surface area contributed by atoms with E-state index >= 15 is 0 Å². The van der Waals surface area contributed by atoms with Crippen molar-refractivity contribution >= 4 is 28.9 Å². The predicted molar refractivity (Wildman–Crippen MR) is 116 cm³/mol. The van der Waals surface area contributed by atoms with Crippen LogP contribution in [0, 0.1) is 0 Å². The Morgan fingerprint density at radius 3 is 2.22 bits per heavy atom. The number of hydrogen-bond donors (Lipinski definition) is 2. The van der Waals surface area contributed by atoms with E-state index in [0.717, 1.165) is 34.2 Å². The molecule has 11 heteroatoms. The molecule has 0 bridgehead atoms. The molecular formula is C21H19ClF3N3O3S. The molecule has 0 spiro atoms. The molecule has 4 rings (SSSR count). The number of halogens is 4. The quantitative estimate of drug-likeness (QED) is 0.504. The molecule has 0 aliphatic carbocycles. The average Bonchev–Trinajstić information content (AvgIpc) is 3.37. The topological polar surface area (TPSA) is 84.3 Å². The first-order valence-corrected chi connectivity index (χ1v) is 10.7. The molecule has 1 aliphatic heterocycles. The van der Waals surface area contributed by atoms with Gasteiger partial charge in [-0.05, 0) is 49.2 Å². The largest absolute Gasteiger partial charge is 0.490 e. The first kappa shape index (κ1) is 24.0. The molecule has 1 aromatic heterocycles. The van der Waals surface area contributed by atoms with Gasteiger partial charge in [-0.2, -0.15) is 13.2 Å². The number of hydrogen-bond acceptors (Lipinski definition) is 6. The highest BCUT2D eigenvalue weighted by atomic mass is 35.5. The Balaban J connectivity index is 0.000000360. The van der Waals surface area contributed by atoms with Crippen LogP contribution >= 0.6 is 22.9 Å². The minimum Gasteiger partial charge on any atom is -0.489 e. The van der Waals surface area contributed by atoms with Gasteiger partial charge in [0.15, 0.2) is 0 Å². The van der Waals surface area contributed by atoms with Gasteiger partial charge in [0.2, 0.25) is 0 Å². The summed E-state index contributed by atoms with van der Waals surface area (Å²) >= 11 is 7.91. The van der Waals surface area contributed by atoms with Gasteiger partial charge in [0, 0.05) is 24.2 Å². The van der Waals surface area contributed by atoms with E-state index in [-0.39, 0.29) is 6.10 Å². The number of carboxylic acid groups (broad SMARTS) is 1. The van der Waals surface area contributed by atoms with Gasteiger partial charge in [-0.3, -0.25) is 0 Å². The molecule has 0 unspecified atom stereocenters. The van der Waals surface area contributed by atoms with Crippen LogP contribution in [0.25, 0.3) is 21.1 Å². The second kappa shape index (κ2) is 9.85. The average molecular weight is 486 g/mol. The van der Waals surface area contributed by atoms with Crippen LogP contribution in [0.1, 0.15) is 25.0 Å². The lowest BCUT2D eigenvalue weighted by Gasteiger charge is -2.11. The smallest absolute Gasteiger partial charge is 0.489 e. The summed E-state index contributed by atoms with van der Waals surface area (Å²) in [6, 6.07) is 12.2. The lowest BCUT2D eigenvalue weighted by atomic mass is 10.1. The lowest BCUT2D eigenvalue weighted by molar-refractivity contribution is -0.192. The van der Waals surface area contributed by atoms with Crippen molar-refractivity contribution in [3.8, 4) is 26.9 Å². The Bertz CT molecular complexity index is 1120. The van der Waals surface area contributed by atoms with Crippen molar-refractivity contribution in [3.63, 3.8) is 0 Å². The highest BCUT2D eigenvalue weighted by Crippen LogP contribution is 2.35. The van der Waals surface area contributed by atoms with Crippen LogP contribution in [0.5, 0.6) is 5.75 Å². The molecule has 0 amide bonds. The van der Waals surface area contributed by atoms with Crippen molar-refractivity contribution in [2.75, 3.05) is 0 Å². The van der Waals surface area contributed by atoms with Crippen LogP contribution in [0.15, 0.2) is 36.4 Å². The third kappa shape index (κ3) is 5.96. The van der Waals surface area contributed by atoms with Crippen LogP contribution in [-0.4, -0.2) is 33.6 Å². The highest BCUT2D eigenvalue weighted by molar-refractivity contribution is 7.17. The van der Waals surface area contributed by atoms with Crippen molar-refractivity contribution in [1.82, 2.24) is 15.5 Å². The molecule has 32 heavy (non-hydrogen) atoms. The summed E-state index contributed by atoms with van der Waals surface area (Å²) in [5, 5.41) is 21.6. The van der Waals surface area contributed by atoms with Gasteiger partial charge in [0.1, 0.15) is 15.8 Å².